The van der Waals surface area contributed by atoms with Gasteiger partial charge < -0.3 is 9.84 Å². The maximum atomic E-state index is 9.47. The monoisotopic (exact) mass is 276 g/mol. The number of aromatic hydroxyl groups is 1. The molecule has 6 heteroatoms. The average molecular weight is 277 g/mol. The van der Waals surface area contributed by atoms with Gasteiger partial charge in [0.1, 0.15) is 0 Å². The zero-order valence-electron chi connectivity index (χ0n) is 7.36. The molecule has 14 heavy (non-hydrogen) atoms. The first-order valence-corrected chi connectivity index (χ1v) is 4.91. The second-order valence-electron chi connectivity index (χ2n) is 2.40. The lowest BCUT2D eigenvalue weighted by Gasteiger charge is -2.05. The van der Waals surface area contributed by atoms with Gasteiger partial charge in [-0.25, -0.2) is 0 Å². The van der Waals surface area contributed by atoms with Crippen LogP contribution in [0.15, 0.2) is 21.7 Å². The van der Waals surface area contributed by atoms with E-state index in [1.54, 1.807) is 6.07 Å². The zero-order chi connectivity index (χ0) is 10.6. The molecule has 4 nitrogen and oxygen atoms in total. The number of phenolic OH excluding ortho intramolecular Hbond substituents is 1. The van der Waals surface area contributed by atoms with Crippen LogP contribution in [0.2, 0.25) is 0 Å². The fourth-order valence-electron chi connectivity index (χ4n) is 0.921. The van der Waals surface area contributed by atoms with Crippen LogP contribution in [0, 0.1) is 0 Å². The number of hydrazone groups is 1. The zero-order valence-corrected chi connectivity index (χ0v) is 9.84. The van der Waals surface area contributed by atoms with Gasteiger partial charge in [0.2, 0.25) is 0 Å². The van der Waals surface area contributed by atoms with Crippen molar-refractivity contribution in [3.8, 4) is 11.5 Å². The van der Waals surface area contributed by atoms with Crippen LogP contribution in [0.25, 0.3) is 0 Å². The van der Waals surface area contributed by atoms with E-state index in [1.807, 2.05) is 0 Å². The van der Waals surface area contributed by atoms with E-state index in [4.69, 9.17) is 4.74 Å². The number of phenols is 1. The predicted octanol–water partition coefficient (Wildman–Crippen LogP) is 1.93. The summed E-state index contributed by atoms with van der Waals surface area (Å²) in [6.07, 6.45) is 1.52. The molecule has 0 saturated carbocycles. The van der Waals surface area contributed by atoms with Crippen LogP contribution in [0.1, 0.15) is 5.56 Å². The fraction of sp³-hybridized carbons (Fsp3) is 0.125. The lowest BCUT2D eigenvalue weighted by Crippen LogP contribution is -1.91. The van der Waals surface area contributed by atoms with Crippen LogP contribution in [0.4, 0.5) is 0 Å². The van der Waals surface area contributed by atoms with Crippen molar-refractivity contribution in [2.45, 2.75) is 0 Å². The number of hydrogen-bond acceptors (Lipinski definition) is 5. The molecule has 0 aliphatic rings. The van der Waals surface area contributed by atoms with Crippen molar-refractivity contribution in [1.29, 1.82) is 0 Å². The van der Waals surface area contributed by atoms with Gasteiger partial charge in [-0.1, -0.05) is 12.8 Å². The van der Waals surface area contributed by atoms with Crippen molar-refractivity contribution in [3.63, 3.8) is 0 Å². The van der Waals surface area contributed by atoms with Crippen molar-refractivity contribution in [2.24, 2.45) is 5.10 Å². The molecule has 0 unspecified atom stereocenters. The largest absolute Gasteiger partial charge is 0.504 e. The number of ether oxygens (including phenoxy) is 1. The summed E-state index contributed by atoms with van der Waals surface area (Å²) < 4.78 is 5.71. The van der Waals surface area contributed by atoms with Gasteiger partial charge in [-0.3, -0.25) is 4.83 Å². The van der Waals surface area contributed by atoms with Gasteiger partial charge in [0.05, 0.1) is 13.3 Å². The molecule has 0 bridgehead atoms. The van der Waals surface area contributed by atoms with Crippen molar-refractivity contribution < 1.29 is 9.84 Å². The highest BCUT2D eigenvalue weighted by atomic mass is 79.9. The van der Waals surface area contributed by atoms with Crippen LogP contribution in [-0.2, 0) is 0 Å². The molecular weight excluding hydrogens is 268 g/mol. The second kappa shape index (κ2) is 5.11. The number of methoxy groups -OCH3 is 1. The van der Waals surface area contributed by atoms with E-state index in [2.05, 4.69) is 38.7 Å². The van der Waals surface area contributed by atoms with E-state index in [0.29, 0.717) is 5.75 Å². The minimum atomic E-state index is 0.0660. The van der Waals surface area contributed by atoms with Crippen LogP contribution < -0.4 is 9.57 Å². The van der Waals surface area contributed by atoms with Gasteiger partial charge in [-0.05, 0) is 28.1 Å². The number of rotatable bonds is 3. The van der Waals surface area contributed by atoms with Crippen LogP contribution in [0.3, 0.4) is 0 Å². The Morgan fingerprint density at radius 1 is 1.64 bits per heavy atom. The molecule has 0 aliphatic heterocycles. The van der Waals surface area contributed by atoms with Crippen molar-refractivity contribution in [1.82, 2.24) is 4.83 Å². The number of nitrogens with one attached hydrogen (secondary N) is 1. The first-order valence-electron chi connectivity index (χ1n) is 3.67. The Morgan fingerprint density at radius 2 is 2.36 bits per heavy atom. The third-order valence-electron chi connectivity index (χ3n) is 1.56. The first kappa shape index (κ1) is 11.2. The molecule has 76 valence electrons. The molecule has 0 radical (unpaired) electrons. The number of hydrogen-bond donors (Lipinski definition) is 3. The van der Waals surface area contributed by atoms with Crippen LogP contribution >= 0.6 is 28.7 Å². The Bertz CT molecular complexity index is 357. The van der Waals surface area contributed by atoms with Crippen LogP contribution in [0.5, 0.6) is 11.5 Å². The Kier molecular flexibility index (Phi) is 4.09. The quantitative estimate of drug-likeness (QED) is 0.449. The summed E-state index contributed by atoms with van der Waals surface area (Å²) in [7, 11) is 1.49. The number of thiol groups is 1. The molecule has 0 aliphatic carbocycles. The molecule has 1 aromatic carbocycles. The molecule has 0 fully saturated rings. The molecule has 1 aromatic rings. The molecule has 1 rings (SSSR count). The van der Waals surface area contributed by atoms with Crippen molar-refractivity contribution in [2.75, 3.05) is 7.11 Å². The summed E-state index contributed by atoms with van der Waals surface area (Å²) in [6.45, 7) is 0. The van der Waals surface area contributed by atoms with Gasteiger partial charge in [0.25, 0.3) is 0 Å². The van der Waals surface area contributed by atoms with Gasteiger partial charge in [0, 0.05) is 10.0 Å². The van der Waals surface area contributed by atoms with Gasteiger partial charge in [-0.15, -0.1) is 0 Å². The van der Waals surface area contributed by atoms with E-state index in [9.17, 15) is 5.11 Å². The lowest BCUT2D eigenvalue weighted by atomic mass is 10.2. The Morgan fingerprint density at radius 3 is 2.93 bits per heavy atom. The van der Waals surface area contributed by atoms with E-state index in [-0.39, 0.29) is 5.75 Å². The van der Waals surface area contributed by atoms with Gasteiger partial charge in [-0.2, -0.15) is 5.10 Å². The summed E-state index contributed by atoms with van der Waals surface area (Å²) in [6, 6.07) is 3.20. The Balaban J connectivity index is 3.08. The van der Waals surface area contributed by atoms with E-state index >= 15 is 0 Å². The summed E-state index contributed by atoms with van der Waals surface area (Å²) in [5.74, 6) is 0.476. The smallest absolute Gasteiger partial charge is 0.161 e. The Hall–Kier alpha value is -0.880. The maximum Gasteiger partial charge on any atom is 0.161 e. The van der Waals surface area contributed by atoms with Gasteiger partial charge in [0.15, 0.2) is 11.5 Å². The third-order valence-corrected chi connectivity index (χ3v) is 2.36. The Labute approximate surface area is 95.6 Å². The molecule has 0 aromatic heterocycles. The summed E-state index contributed by atoms with van der Waals surface area (Å²) >= 11 is 7.02. The molecule has 0 spiro atoms. The molecule has 2 N–H and O–H groups in total. The van der Waals surface area contributed by atoms with E-state index in [1.165, 1.54) is 19.4 Å². The highest BCUT2D eigenvalue weighted by Gasteiger charge is 2.05. The summed E-state index contributed by atoms with van der Waals surface area (Å²) in [5.41, 5.74) is 0.727. The topological polar surface area (TPSA) is 53.8 Å². The normalized spacial score (nSPS) is 10.5. The summed E-state index contributed by atoms with van der Waals surface area (Å²) in [5, 5.41) is 13.2. The van der Waals surface area contributed by atoms with Crippen molar-refractivity contribution >= 4 is 35.0 Å². The highest BCUT2D eigenvalue weighted by Crippen LogP contribution is 2.31. The van der Waals surface area contributed by atoms with E-state index in [0.717, 1.165) is 10.0 Å². The number of halogens is 1. The fourth-order valence-corrected chi connectivity index (χ4v) is 1.40. The lowest BCUT2D eigenvalue weighted by molar-refractivity contribution is 0.373. The molecular formula is C8H9BrN2O2S. The minimum absolute atomic E-state index is 0.0660. The SMILES string of the molecule is COc1cc(Br)c(/C=N/NS)cc1O. The maximum absolute atomic E-state index is 9.47. The third kappa shape index (κ3) is 2.55. The number of nitrogens with zero attached hydrogens (tertiary/aromatic N) is 1. The van der Waals surface area contributed by atoms with Gasteiger partial charge >= 0.3 is 0 Å². The van der Waals surface area contributed by atoms with Crippen LogP contribution in [-0.4, -0.2) is 18.4 Å². The number of benzene rings is 1. The molecule has 0 heterocycles. The second-order valence-corrected chi connectivity index (χ2v) is 3.46. The minimum Gasteiger partial charge on any atom is -0.504 e. The molecule has 0 saturated heterocycles. The van der Waals surface area contributed by atoms with Crippen molar-refractivity contribution in [3.05, 3.63) is 22.2 Å². The van der Waals surface area contributed by atoms with E-state index < -0.39 is 0 Å². The predicted molar refractivity (Wildman–Crippen MR) is 62.1 cm³/mol. The highest BCUT2D eigenvalue weighted by molar-refractivity contribution is 9.10. The molecule has 0 amide bonds. The average Bonchev–Trinajstić information content (AvgIpc) is 2.18. The first-order chi connectivity index (χ1) is 6.69. The standard InChI is InChI=1S/C8H9BrN2O2S/c1-13-8-3-6(9)5(2-7(8)12)4-10-11-14/h2-4,11-12,14H,1H3/b10-4+. The summed E-state index contributed by atoms with van der Waals surface area (Å²) in [4.78, 5) is 2.32. The molecule has 0 atom stereocenters.